The molecule has 1 aromatic heterocycles. The molecule has 2 N–H and O–H groups in total. The summed E-state index contributed by atoms with van der Waals surface area (Å²) in [5, 5.41) is 5.54. The molecular formula is C15H12ClFN4O3. The SMILES string of the molecule is O=C(c1n[nH]c(=O)[nH]c1=O)N1CC=C(c2cccc(Cl)c2F)CC1. The maximum Gasteiger partial charge on any atom is 0.342 e. The minimum absolute atomic E-state index is 0.0379. The largest absolute Gasteiger partial charge is 0.342 e. The van der Waals surface area contributed by atoms with Gasteiger partial charge < -0.3 is 4.90 Å². The number of aromatic nitrogens is 3. The lowest BCUT2D eigenvalue weighted by Gasteiger charge is -2.26. The van der Waals surface area contributed by atoms with Crippen LogP contribution in [0.3, 0.4) is 0 Å². The highest BCUT2D eigenvalue weighted by atomic mass is 35.5. The van der Waals surface area contributed by atoms with Gasteiger partial charge in [-0.1, -0.05) is 29.8 Å². The Balaban J connectivity index is 1.82. The molecule has 0 aliphatic carbocycles. The van der Waals surface area contributed by atoms with Crippen molar-refractivity contribution in [1.29, 1.82) is 0 Å². The summed E-state index contributed by atoms with van der Waals surface area (Å²) in [5.74, 6) is -1.10. The van der Waals surface area contributed by atoms with Crippen molar-refractivity contribution >= 4 is 23.1 Å². The Hall–Kier alpha value is -2.74. The molecule has 24 heavy (non-hydrogen) atoms. The van der Waals surface area contributed by atoms with Gasteiger partial charge in [0.2, 0.25) is 5.69 Å². The molecular weight excluding hydrogens is 339 g/mol. The maximum atomic E-state index is 14.1. The van der Waals surface area contributed by atoms with Crippen molar-refractivity contribution in [1.82, 2.24) is 20.1 Å². The first-order valence-electron chi connectivity index (χ1n) is 7.09. The first kappa shape index (κ1) is 16.1. The molecule has 2 aromatic rings. The average molecular weight is 351 g/mol. The lowest BCUT2D eigenvalue weighted by molar-refractivity contribution is 0.0763. The quantitative estimate of drug-likeness (QED) is 0.849. The number of aromatic amines is 2. The number of hydrogen-bond donors (Lipinski definition) is 2. The zero-order valence-electron chi connectivity index (χ0n) is 12.3. The Labute approximate surface area is 139 Å². The molecule has 0 spiro atoms. The van der Waals surface area contributed by atoms with Gasteiger partial charge in [0.15, 0.2) is 0 Å². The van der Waals surface area contributed by atoms with Crippen LogP contribution in [0.2, 0.25) is 5.02 Å². The Morgan fingerprint density at radius 1 is 1.33 bits per heavy atom. The third kappa shape index (κ3) is 3.00. The van der Waals surface area contributed by atoms with Crippen LogP contribution in [0, 0.1) is 5.82 Å². The van der Waals surface area contributed by atoms with Gasteiger partial charge in [-0.2, -0.15) is 5.10 Å². The lowest BCUT2D eigenvalue weighted by atomic mass is 9.99. The summed E-state index contributed by atoms with van der Waals surface area (Å²) in [6, 6.07) is 4.75. The predicted octanol–water partition coefficient (Wildman–Crippen LogP) is 1.18. The first-order chi connectivity index (χ1) is 11.5. The Bertz CT molecular complexity index is 950. The van der Waals surface area contributed by atoms with E-state index >= 15 is 0 Å². The summed E-state index contributed by atoms with van der Waals surface area (Å²) in [7, 11) is 0. The molecule has 1 amide bonds. The molecule has 0 radical (unpaired) electrons. The smallest absolute Gasteiger partial charge is 0.333 e. The van der Waals surface area contributed by atoms with Gasteiger partial charge in [-0.25, -0.2) is 14.3 Å². The van der Waals surface area contributed by atoms with E-state index in [4.69, 9.17) is 11.6 Å². The third-order valence-corrected chi connectivity index (χ3v) is 4.00. The number of rotatable bonds is 2. The molecule has 0 atom stereocenters. The van der Waals surface area contributed by atoms with Gasteiger partial charge in [0.25, 0.3) is 11.5 Å². The van der Waals surface area contributed by atoms with E-state index in [1.807, 2.05) is 10.1 Å². The fourth-order valence-electron chi connectivity index (χ4n) is 2.49. The van der Waals surface area contributed by atoms with Crippen LogP contribution < -0.4 is 11.2 Å². The summed E-state index contributed by atoms with van der Waals surface area (Å²) < 4.78 is 14.1. The number of halogens is 2. The molecule has 1 aliphatic heterocycles. The topological polar surface area (TPSA) is 98.9 Å². The van der Waals surface area contributed by atoms with Crippen LogP contribution >= 0.6 is 11.6 Å². The minimum Gasteiger partial charge on any atom is -0.333 e. The molecule has 0 saturated carbocycles. The standard InChI is InChI=1S/C15H12ClFN4O3/c16-10-3-1-2-9(11(10)17)8-4-6-21(7-5-8)14(23)12-13(22)18-15(24)20-19-12/h1-4H,5-7H2,(H2,18,20,22,24). The van der Waals surface area contributed by atoms with E-state index in [1.54, 1.807) is 18.2 Å². The van der Waals surface area contributed by atoms with Crippen LogP contribution in [-0.4, -0.2) is 39.1 Å². The number of amides is 1. The maximum absolute atomic E-state index is 14.1. The number of hydrogen-bond acceptors (Lipinski definition) is 4. The number of carbonyl (C=O) groups is 1. The van der Waals surface area contributed by atoms with E-state index in [9.17, 15) is 18.8 Å². The normalized spacial score (nSPS) is 14.4. The Kier molecular flexibility index (Phi) is 4.30. The second-order valence-corrected chi connectivity index (χ2v) is 5.59. The summed E-state index contributed by atoms with van der Waals surface area (Å²) in [6.07, 6.45) is 2.11. The molecule has 1 aromatic carbocycles. The molecule has 124 valence electrons. The second-order valence-electron chi connectivity index (χ2n) is 5.19. The Morgan fingerprint density at radius 3 is 2.79 bits per heavy atom. The highest BCUT2D eigenvalue weighted by Gasteiger charge is 2.24. The Morgan fingerprint density at radius 2 is 2.12 bits per heavy atom. The van der Waals surface area contributed by atoms with E-state index in [2.05, 4.69) is 5.10 Å². The number of H-pyrrole nitrogens is 2. The molecule has 0 fully saturated rings. The average Bonchev–Trinajstić information content (AvgIpc) is 2.57. The van der Waals surface area contributed by atoms with Gasteiger partial charge in [-0.3, -0.25) is 14.6 Å². The number of nitrogens with one attached hydrogen (secondary N) is 2. The van der Waals surface area contributed by atoms with E-state index in [-0.39, 0.29) is 23.8 Å². The van der Waals surface area contributed by atoms with E-state index in [0.29, 0.717) is 12.0 Å². The molecule has 9 heteroatoms. The fraction of sp³-hybridized carbons (Fsp3) is 0.200. The first-order valence-corrected chi connectivity index (χ1v) is 7.47. The van der Waals surface area contributed by atoms with Crippen molar-refractivity contribution in [2.24, 2.45) is 0 Å². The molecule has 1 aliphatic rings. The van der Waals surface area contributed by atoms with Gasteiger partial charge >= 0.3 is 5.69 Å². The second kappa shape index (κ2) is 6.40. The van der Waals surface area contributed by atoms with Crippen LogP contribution in [0.4, 0.5) is 4.39 Å². The van der Waals surface area contributed by atoms with E-state index in [1.165, 1.54) is 11.0 Å². The summed E-state index contributed by atoms with van der Waals surface area (Å²) >= 11 is 5.78. The van der Waals surface area contributed by atoms with Crippen LogP contribution in [-0.2, 0) is 0 Å². The van der Waals surface area contributed by atoms with Crippen molar-refractivity contribution in [3.63, 3.8) is 0 Å². The number of carbonyl (C=O) groups excluding carboxylic acids is 1. The van der Waals surface area contributed by atoms with Crippen molar-refractivity contribution < 1.29 is 9.18 Å². The molecule has 3 rings (SSSR count). The van der Waals surface area contributed by atoms with Crippen molar-refractivity contribution in [2.75, 3.05) is 13.1 Å². The molecule has 0 unspecified atom stereocenters. The van der Waals surface area contributed by atoms with Crippen LogP contribution in [0.25, 0.3) is 5.57 Å². The van der Waals surface area contributed by atoms with Gasteiger partial charge in [-0.15, -0.1) is 0 Å². The van der Waals surface area contributed by atoms with Gasteiger partial charge in [0, 0.05) is 18.7 Å². The van der Waals surface area contributed by atoms with Gasteiger partial charge in [0.1, 0.15) is 5.82 Å². The summed E-state index contributed by atoms with van der Waals surface area (Å²) in [5.41, 5.74) is -0.884. The molecule has 0 bridgehead atoms. The fourth-order valence-corrected chi connectivity index (χ4v) is 2.67. The summed E-state index contributed by atoms with van der Waals surface area (Å²) in [4.78, 5) is 38.2. The monoisotopic (exact) mass is 350 g/mol. The highest BCUT2D eigenvalue weighted by molar-refractivity contribution is 6.30. The molecule has 2 heterocycles. The molecule has 0 saturated heterocycles. The zero-order valence-corrected chi connectivity index (χ0v) is 13.1. The lowest BCUT2D eigenvalue weighted by Crippen LogP contribution is -2.40. The number of benzene rings is 1. The predicted molar refractivity (Wildman–Crippen MR) is 85.4 cm³/mol. The van der Waals surface area contributed by atoms with Gasteiger partial charge in [-0.05, 0) is 18.1 Å². The minimum atomic E-state index is -0.848. The van der Waals surface area contributed by atoms with E-state index in [0.717, 1.165) is 5.57 Å². The van der Waals surface area contributed by atoms with Gasteiger partial charge in [0.05, 0.1) is 5.02 Å². The van der Waals surface area contributed by atoms with Crippen molar-refractivity contribution in [2.45, 2.75) is 6.42 Å². The third-order valence-electron chi connectivity index (χ3n) is 3.71. The highest BCUT2D eigenvalue weighted by Crippen LogP contribution is 2.28. The van der Waals surface area contributed by atoms with Crippen molar-refractivity contribution in [3.8, 4) is 0 Å². The summed E-state index contributed by atoms with van der Waals surface area (Å²) in [6.45, 7) is 0.483. The zero-order chi connectivity index (χ0) is 17.3. The van der Waals surface area contributed by atoms with Crippen LogP contribution in [0.5, 0.6) is 0 Å². The molecule has 7 nitrogen and oxygen atoms in total. The van der Waals surface area contributed by atoms with Crippen molar-refractivity contribution in [3.05, 3.63) is 67.2 Å². The number of nitrogens with zero attached hydrogens (tertiary/aromatic N) is 2. The van der Waals surface area contributed by atoms with Crippen LogP contribution in [0.1, 0.15) is 22.5 Å². The van der Waals surface area contributed by atoms with Crippen LogP contribution in [0.15, 0.2) is 33.9 Å². The van der Waals surface area contributed by atoms with E-state index < -0.39 is 23.0 Å².